The average molecular weight is 414 g/mol. The van der Waals surface area contributed by atoms with Crippen LogP contribution >= 0.6 is 0 Å². The lowest BCUT2D eigenvalue weighted by atomic mass is 9.81. The van der Waals surface area contributed by atoms with Crippen LogP contribution in [0, 0.1) is 11.8 Å². The first-order valence-corrected chi connectivity index (χ1v) is 10.2. The van der Waals surface area contributed by atoms with Gasteiger partial charge in [-0.2, -0.15) is 0 Å². The molecule has 2 fully saturated rings. The number of hydrogen-bond donors (Lipinski definition) is 1. The number of ether oxygens (including phenoxy) is 1. The Morgan fingerprint density at radius 1 is 1.00 bits per heavy atom. The van der Waals surface area contributed by atoms with Crippen molar-refractivity contribution in [2.24, 2.45) is 11.8 Å². The van der Waals surface area contributed by atoms with E-state index in [1.165, 1.54) is 32.9 Å². The molecule has 1 saturated carbocycles. The van der Waals surface area contributed by atoms with Gasteiger partial charge in [-0.3, -0.25) is 24.1 Å². The molecule has 1 aliphatic carbocycles. The first-order chi connectivity index (χ1) is 14.2. The van der Waals surface area contributed by atoms with Gasteiger partial charge in [0.1, 0.15) is 6.04 Å². The van der Waals surface area contributed by atoms with Crippen molar-refractivity contribution < 1.29 is 28.7 Å². The lowest BCUT2D eigenvalue weighted by Gasteiger charge is -2.23. The van der Waals surface area contributed by atoms with Gasteiger partial charge in [0.15, 0.2) is 6.10 Å². The monoisotopic (exact) mass is 414 g/mol. The molecule has 1 aromatic carbocycles. The molecule has 4 atom stereocenters. The third kappa shape index (κ3) is 4.27. The minimum Gasteiger partial charge on any atom is -0.453 e. The highest BCUT2D eigenvalue weighted by molar-refractivity contribution is 6.08. The summed E-state index contributed by atoms with van der Waals surface area (Å²) in [7, 11) is 0. The fourth-order valence-electron chi connectivity index (χ4n) is 4.16. The molecular formula is C22H26N2O6. The van der Waals surface area contributed by atoms with Crippen molar-refractivity contribution >= 4 is 35.2 Å². The molecule has 0 spiro atoms. The van der Waals surface area contributed by atoms with Gasteiger partial charge in [0, 0.05) is 18.2 Å². The van der Waals surface area contributed by atoms with E-state index in [1.807, 2.05) is 0 Å². The maximum atomic E-state index is 12.6. The van der Waals surface area contributed by atoms with Crippen molar-refractivity contribution in [2.45, 2.75) is 58.6 Å². The highest BCUT2D eigenvalue weighted by atomic mass is 16.5. The lowest BCUT2D eigenvalue weighted by molar-refractivity contribution is -0.159. The molecule has 0 aromatic heterocycles. The van der Waals surface area contributed by atoms with Crippen molar-refractivity contribution in [3.8, 4) is 0 Å². The Morgan fingerprint density at radius 3 is 2.03 bits per heavy atom. The summed E-state index contributed by atoms with van der Waals surface area (Å²) in [6.07, 6.45) is 2.05. The number of carbonyl (C=O) groups excluding carboxylic acids is 5. The van der Waals surface area contributed by atoms with Gasteiger partial charge in [-0.05, 0) is 51.0 Å². The van der Waals surface area contributed by atoms with Gasteiger partial charge < -0.3 is 10.1 Å². The number of esters is 1. The van der Waals surface area contributed by atoms with Gasteiger partial charge in [0.05, 0.1) is 11.8 Å². The van der Waals surface area contributed by atoms with Crippen LogP contribution in [-0.4, -0.2) is 46.5 Å². The smallest absolute Gasteiger partial charge is 0.329 e. The zero-order valence-electron chi connectivity index (χ0n) is 17.3. The predicted molar refractivity (Wildman–Crippen MR) is 107 cm³/mol. The Morgan fingerprint density at radius 2 is 1.53 bits per heavy atom. The van der Waals surface area contributed by atoms with E-state index < -0.39 is 23.9 Å². The van der Waals surface area contributed by atoms with Crippen LogP contribution in [0.1, 0.15) is 56.8 Å². The van der Waals surface area contributed by atoms with Crippen molar-refractivity contribution in [1.82, 2.24) is 4.90 Å². The number of benzene rings is 1. The maximum absolute atomic E-state index is 12.6. The van der Waals surface area contributed by atoms with Crippen molar-refractivity contribution in [3.05, 3.63) is 29.8 Å². The first kappa shape index (κ1) is 21.7. The number of anilines is 1. The summed E-state index contributed by atoms with van der Waals surface area (Å²) in [4.78, 5) is 62.5. The van der Waals surface area contributed by atoms with Crippen molar-refractivity contribution in [2.75, 3.05) is 5.32 Å². The highest BCUT2D eigenvalue weighted by Gasteiger charge is 2.51. The third-order valence-electron chi connectivity index (χ3n) is 5.76. The number of nitrogens with zero attached hydrogens (tertiary/aromatic N) is 1. The normalized spacial score (nSPS) is 22.8. The van der Waals surface area contributed by atoms with E-state index in [9.17, 15) is 24.0 Å². The molecule has 0 bridgehead atoms. The van der Waals surface area contributed by atoms with Gasteiger partial charge in [-0.15, -0.1) is 0 Å². The zero-order chi connectivity index (χ0) is 22.0. The van der Waals surface area contributed by atoms with E-state index in [4.69, 9.17) is 4.74 Å². The van der Waals surface area contributed by atoms with E-state index in [-0.39, 0.29) is 29.6 Å². The van der Waals surface area contributed by atoms with Gasteiger partial charge in [0.2, 0.25) is 23.5 Å². The van der Waals surface area contributed by atoms with Crippen LogP contribution in [0.2, 0.25) is 0 Å². The summed E-state index contributed by atoms with van der Waals surface area (Å²) in [5, 5.41) is 2.60. The number of amides is 3. The topological polar surface area (TPSA) is 110 Å². The van der Waals surface area contributed by atoms with Crippen molar-refractivity contribution in [1.29, 1.82) is 0 Å². The average Bonchev–Trinajstić information content (AvgIpc) is 2.97. The number of nitrogens with one attached hydrogen (secondary N) is 1. The molecule has 1 aliphatic heterocycles. The molecule has 8 heteroatoms. The molecule has 3 rings (SSSR count). The summed E-state index contributed by atoms with van der Waals surface area (Å²) < 4.78 is 5.28. The molecule has 0 unspecified atom stereocenters. The molecule has 30 heavy (non-hydrogen) atoms. The Hall–Kier alpha value is -3.03. The van der Waals surface area contributed by atoms with Crippen LogP contribution in [0.5, 0.6) is 0 Å². The highest BCUT2D eigenvalue weighted by Crippen LogP contribution is 2.39. The molecule has 1 saturated heterocycles. The summed E-state index contributed by atoms with van der Waals surface area (Å²) in [5.41, 5.74) is 0.862. The molecule has 1 heterocycles. The van der Waals surface area contributed by atoms with Gasteiger partial charge in [-0.25, -0.2) is 4.79 Å². The molecular weight excluding hydrogens is 388 g/mol. The Kier molecular flexibility index (Phi) is 6.34. The molecule has 0 radical (unpaired) electrons. The maximum Gasteiger partial charge on any atom is 0.329 e. The van der Waals surface area contributed by atoms with E-state index in [0.717, 1.165) is 17.7 Å². The number of ketones is 1. The lowest BCUT2D eigenvalue weighted by Crippen LogP contribution is -2.45. The SMILES string of the molecule is CC(=O)Nc1ccc(C(=O)[C@H](C)OC(=O)[C@H](C)N2C(=O)[C@H]3CCCC[C@H]3C2=O)cc1. The van der Waals surface area contributed by atoms with Gasteiger partial charge in [0.25, 0.3) is 0 Å². The Balaban J connectivity index is 1.63. The number of carbonyl (C=O) groups is 5. The minimum absolute atomic E-state index is 0.226. The van der Waals surface area contributed by atoms with Crippen LogP contribution < -0.4 is 5.32 Å². The molecule has 1 aromatic rings. The Labute approximate surface area is 174 Å². The second-order valence-electron chi connectivity index (χ2n) is 7.92. The predicted octanol–water partition coefficient (Wildman–Crippen LogP) is 2.32. The van der Waals surface area contributed by atoms with Gasteiger partial charge in [-0.1, -0.05) is 12.8 Å². The summed E-state index contributed by atoms with van der Waals surface area (Å²) in [6, 6.07) is 5.14. The Bertz CT molecular complexity index is 854. The van der Waals surface area contributed by atoms with Crippen LogP contribution in [-0.2, 0) is 23.9 Å². The number of fused-ring (bicyclic) bond motifs is 1. The zero-order valence-corrected chi connectivity index (χ0v) is 17.3. The number of likely N-dealkylation sites (tertiary alicyclic amines) is 1. The summed E-state index contributed by atoms with van der Waals surface area (Å²) >= 11 is 0. The first-order valence-electron chi connectivity index (χ1n) is 10.2. The van der Waals surface area contributed by atoms with E-state index in [0.29, 0.717) is 24.1 Å². The van der Waals surface area contributed by atoms with Crippen LogP contribution in [0.3, 0.4) is 0 Å². The number of hydrogen-bond acceptors (Lipinski definition) is 6. The second kappa shape index (κ2) is 8.77. The molecule has 8 nitrogen and oxygen atoms in total. The number of rotatable bonds is 6. The number of Topliss-reactive ketones (excluding diaryl/α,β-unsaturated/α-hetero) is 1. The van der Waals surface area contributed by atoms with Crippen LogP contribution in [0.15, 0.2) is 24.3 Å². The fourth-order valence-corrected chi connectivity index (χ4v) is 4.16. The summed E-state index contributed by atoms with van der Waals surface area (Å²) in [6.45, 7) is 4.28. The quantitative estimate of drug-likeness (QED) is 0.435. The van der Waals surface area contributed by atoms with Gasteiger partial charge >= 0.3 is 5.97 Å². The minimum atomic E-state index is -1.08. The molecule has 160 valence electrons. The molecule has 1 N–H and O–H groups in total. The largest absolute Gasteiger partial charge is 0.453 e. The fraction of sp³-hybridized carbons (Fsp3) is 0.500. The van der Waals surface area contributed by atoms with Crippen molar-refractivity contribution in [3.63, 3.8) is 0 Å². The van der Waals surface area contributed by atoms with Crippen LogP contribution in [0.25, 0.3) is 0 Å². The third-order valence-corrected chi connectivity index (χ3v) is 5.76. The van der Waals surface area contributed by atoms with E-state index in [1.54, 1.807) is 12.1 Å². The number of imide groups is 1. The second-order valence-corrected chi connectivity index (χ2v) is 7.92. The van der Waals surface area contributed by atoms with E-state index >= 15 is 0 Å². The standard InChI is InChI=1S/C22H26N2O6/c1-12(24-20(27)17-6-4-5-7-18(17)21(24)28)22(29)30-13(2)19(26)15-8-10-16(11-9-15)23-14(3)25/h8-13,17-18H,4-7H2,1-3H3,(H,23,25)/t12-,13-,17-,18+/m0/s1. The van der Waals surface area contributed by atoms with E-state index in [2.05, 4.69) is 5.32 Å². The molecule has 2 aliphatic rings. The molecule has 3 amide bonds. The van der Waals surface area contributed by atoms with Crippen LogP contribution in [0.4, 0.5) is 5.69 Å². The summed E-state index contributed by atoms with van der Waals surface area (Å²) in [5.74, 6) is -2.76.